The van der Waals surface area contributed by atoms with Gasteiger partial charge in [-0.3, -0.25) is 4.79 Å². The summed E-state index contributed by atoms with van der Waals surface area (Å²) in [5.74, 6) is -0.153. The molecule has 0 aliphatic carbocycles. The van der Waals surface area contributed by atoms with Crippen LogP contribution in [0.15, 0.2) is 24.3 Å². The lowest BCUT2D eigenvalue weighted by atomic mass is 10.2. The van der Waals surface area contributed by atoms with E-state index in [-0.39, 0.29) is 11.7 Å². The quantitative estimate of drug-likeness (QED) is 0.420. The van der Waals surface area contributed by atoms with Gasteiger partial charge in [-0.15, -0.1) is 0 Å². The molecule has 0 saturated carbocycles. The van der Waals surface area contributed by atoms with Gasteiger partial charge in [0.05, 0.1) is 26.2 Å². The van der Waals surface area contributed by atoms with E-state index in [0.717, 1.165) is 38.2 Å². The molecule has 1 fully saturated rings. The average molecular weight is 384 g/mol. The maximum atomic E-state index is 12.9. The molecule has 8 heteroatoms. The molecule has 0 spiro atoms. The van der Waals surface area contributed by atoms with Gasteiger partial charge in [0.2, 0.25) is 0 Å². The number of quaternary nitrogens is 1. The number of carbonyl (C=O) groups excluding carboxylic acids is 1. The van der Waals surface area contributed by atoms with E-state index in [1.165, 1.54) is 17.0 Å². The van der Waals surface area contributed by atoms with Crippen LogP contribution >= 0.6 is 12.2 Å². The molecule has 0 atom stereocenters. The molecular weight excluding hydrogens is 355 g/mol. The summed E-state index contributed by atoms with van der Waals surface area (Å²) >= 11 is 5.45. The third-order valence-corrected chi connectivity index (χ3v) is 4.78. The van der Waals surface area contributed by atoms with Crippen molar-refractivity contribution < 1.29 is 18.8 Å². The number of carbonyl (C=O) groups is 1. The van der Waals surface area contributed by atoms with Gasteiger partial charge in [0, 0.05) is 26.8 Å². The molecule has 1 aromatic rings. The molecule has 1 aliphatic heterocycles. The number of benzene rings is 1. The molecule has 0 unspecified atom stereocenters. The lowest BCUT2D eigenvalue weighted by Gasteiger charge is -2.33. The highest BCUT2D eigenvalue weighted by molar-refractivity contribution is 7.80. The molecule has 1 heterocycles. The van der Waals surface area contributed by atoms with Crippen LogP contribution in [0.1, 0.15) is 12.0 Å². The van der Waals surface area contributed by atoms with Gasteiger partial charge in [0.15, 0.2) is 11.7 Å². The Labute approximate surface area is 159 Å². The molecule has 26 heavy (non-hydrogen) atoms. The molecule has 0 radical (unpaired) electrons. The molecule has 1 aromatic carbocycles. The smallest absolute Gasteiger partial charge is 0.275 e. The zero-order valence-electron chi connectivity index (χ0n) is 15.2. The highest BCUT2D eigenvalue weighted by atomic mass is 32.1. The molecule has 2 rings (SSSR count). The number of thiocarbonyl (C=S) groups is 1. The van der Waals surface area contributed by atoms with E-state index in [0.29, 0.717) is 31.4 Å². The van der Waals surface area contributed by atoms with Crippen LogP contribution in [0.2, 0.25) is 0 Å². The number of halogens is 1. The lowest BCUT2D eigenvalue weighted by Crippen LogP contribution is -3.15. The Morgan fingerprint density at radius 2 is 1.96 bits per heavy atom. The van der Waals surface area contributed by atoms with Crippen LogP contribution in [0.25, 0.3) is 0 Å². The fourth-order valence-corrected chi connectivity index (χ4v) is 3.08. The fraction of sp³-hybridized carbons (Fsp3) is 0.556. The number of ether oxygens (including phenoxy) is 1. The highest BCUT2D eigenvalue weighted by Crippen LogP contribution is 2.02. The Balaban J connectivity index is 1.63. The second kappa shape index (κ2) is 11.1. The number of nitrogens with zero attached hydrogens (tertiary/aromatic N) is 1. The Bertz CT molecular complexity index is 577. The molecule has 1 saturated heterocycles. The lowest BCUT2D eigenvalue weighted by molar-refractivity contribution is -0.895. The third kappa shape index (κ3) is 7.23. The summed E-state index contributed by atoms with van der Waals surface area (Å²) < 4.78 is 17.9. The van der Waals surface area contributed by atoms with E-state index >= 15 is 0 Å². The first-order valence-electron chi connectivity index (χ1n) is 8.95. The van der Waals surface area contributed by atoms with Gasteiger partial charge in [-0.25, -0.2) is 4.39 Å². The van der Waals surface area contributed by atoms with Crippen molar-refractivity contribution in [1.82, 2.24) is 15.5 Å². The Morgan fingerprint density at radius 1 is 1.27 bits per heavy atom. The van der Waals surface area contributed by atoms with Gasteiger partial charge >= 0.3 is 0 Å². The zero-order chi connectivity index (χ0) is 18.8. The van der Waals surface area contributed by atoms with Crippen molar-refractivity contribution in [2.24, 2.45) is 0 Å². The normalized spacial score (nSPS) is 14.9. The molecule has 1 aliphatic rings. The maximum absolute atomic E-state index is 12.9. The van der Waals surface area contributed by atoms with Crippen molar-refractivity contribution in [2.45, 2.75) is 13.0 Å². The molecular formula is C18H28FN4O2S+. The van der Waals surface area contributed by atoms with E-state index in [1.807, 2.05) is 0 Å². The number of nitrogens with one attached hydrogen (secondary N) is 3. The van der Waals surface area contributed by atoms with Crippen molar-refractivity contribution in [3.05, 3.63) is 35.6 Å². The highest BCUT2D eigenvalue weighted by Gasteiger charge is 2.23. The Hall–Kier alpha value is -1.77. The summed E-state index contributed by atoms with van der Waals surface area (Å²) in [6.07, 6.45) is 0.833. The molecule has 6 nitrogen and oxygen atoms in total. The van der Waals surface area contributed by atoms with E-state index < -0.39 is 0 Å². The van der Waals surface area contributed by atoms with Gasteiger partial charge in [-0.1, -0.05) is 12.1 Å². The number of hydrogen-bond acceptors (Lipinski definition) is 3. The number of piperazine rings is 1. The van der Waals surface area contributed by atoms with Crippen LogP contribution < -0.4 is 15.5 Å². The predicted molar refractivity (Wildman–Crippen MR) is 102 cm³/mol. The summed E-state index contributed by atoms with van der Waals surface area (Å²) in [4.78, 5) is 15.3. The first kappa shape index (κ1) is 20.5. The van der Waals surface area contributed by atoms with Crippen LogP contribution in [0.4, 0.5) is 4.39 Å². The van der Waals surface area contributed by atoms with E-state index in [2.05, 4.69) is 15.5 Å². The maximum Gasteiger partial charge on any atom is 0.275 e. The molecule has 3 N–H and O–H groups in total. The predicted octanol–water partition coefficient (Wildman–Crippen LogP) is -0.447. The average Bonchev–Trinajstić information content (AvgIpc) is 2.65. The van der Waals surface area contributed by atoms with Crippen LogP contribution in [-0.4, -0.2) is 68.9 Å². The number of amides is 1. The van der Waals surface area contributed by atoms with Gasteiger partial charge in [0.1, 0.15) is 5.82 Å². The van der Waals surface area contributed by atoms with Crippen molar-refractivity contribution >= 4 is 23.2 Å². The first-order chi connectivity index (χ1) is 12.6. The van der Waals surface area contributed by atoms with E-state index in [1.54, 1.807) is 19.2 Å². The van der Waals surface area contributed by atoms with Gasteiger partial charge in [-0.05, 0) is 36.3 Å². The monoisotopic (exact) mass is 383 g/mol. The van der Waals surface area contributed by atoms with Crippen LogP contribution in [0, 0.1) is 5.82 Å². The van der Waals surface area contributed by atoms with E-state index in [4.69, 9.17) is 17.0 Å². The van der Waals surface area contributed by atoms with Crippen LogP contribution in [0.5, 0.6) is 0 Å². The zero-order valence-corrected chi connectivity index (χ0v) is 16.0. The summed E-state index contributed by atoms with van der Waals surface area (Å²) in [5, 5.41) is 6.85. The molecule has 144 valence electrons. The molecule has 1 amide bonds. The minimum atomic E-state index is -0.238. The van der Waals surface area contributed by atoms with E-state index in [9.17, 15) is 9.18 Å². The number of hydrogen-bond donors (Lipinski definition) is 3. The number of rotatable bonds is 8. The second-order valence-electron chi connectivity index (χ2n) is 6.40. The summed E-state index contributed by atoms with van der Waals surface area (Å²) in [5.41, 5.74) is 0.989. The SMILES string of the molecule is COCCCNC(=O)C[NH+]1CCN(C(=S)NCc2ccc(F)cc2)CC1. The molecule has 0 aromatic heterocycles. The topological polar surface area (TPSA) is 58.0 Å². The second-order valence-corrected chi connectivity index (χ2v) is 6.78. The fourth-order valence-electron chi connectivity index (χ4n) is 2.83. The third-order valence-electron chi connectivity index (χ3n) is 4.37. The number of methoxy groups -OCH3 is 1. The van der Waals surface area contributed by atoms with Crippen molar-refractivity contribution in [3.63, 3.8) is 0 Å². The minimum absolute atomic E-state index is 0.0848. The summed E-state index contributed by atoms with van der Waals surface area (Å²) in [6, 6.07) is 6.39. The summed E-state index contributed by atoms with van der Waals surface area (Å²) in [7, 11) is 1.66. The Kier molecular flexibility index (Phi) is 8.73. The minimum Gasteiger partial charge on any atom is -0.385 e. The summed E-state index contributed by atoms with van der Waals surface area (Å²) in [6.45, 7) is 5.79. The van der Waals surface area contributed by atoms with Crippen LogP contribution in [0.3, 0.4) is 0 Å². The first-order valence-corrected chi connectivity index (χ1v) is 9.35. The standard InChI is InChI=1S/C18H27FN4O2S/c1-25-12-2-7-20-17(24)14-22-8-10-23(11-9-22)18(26)21-13-15-3-5-16(19)6-4-15/h3-6H,2,7-14H2,1H3,(H,20,24)(H,21,26)/p+1. The molecule has 0 bridgehead atoms. The Morgan fingerprint density at radius 3 is 2.62 bits per heavy atom. The van der Waals surface area contributed by atoms with Gasteiger partial charge < -0.3 is 25.2 Å². The largest absolute Gasteiger partial charge is 0.385 e. The van der Waals surface area contributed by atoms with Crippen molar-refractivity contribution in [2.75, 3.05) is 53.0 Å². The van der Waals surface area contributed by atoms with Crippen molar-refractivity contribution in [1.29, 1.82) is 0 Å². The van der Waals surface area contributed by atoms with Crippen LogP contribution in [-0.2, 0) is 16.1 Å². The van der Waals surface area contributed by atoms with Gasteiger partial charge in [-0.2, -0.15) is 0 Å². The van der Waals surface area contributed by atoms with Gasteiger partial charge in [0.25, 0.3) is 5.91 Å². The van der Waals surface area contributed by atoms with Crippen molar-refractivity contribution in [3.8, 4) is 0 Å².